The monoisotopic (exact) mass is 327 g/mol. The molecule has 2 aliphatic rings. The predicted octanol–water partition coefficient (Wildman–Crippen LogP) is 3.87. The number of thioether (sulfide) groups is 1. The maximum absolute atomic E-state index is 9.43. The Morgan fingerprint density at radius 1 is 1.28 bits per heavy atom. The van der Waals surface area contributed by atoms with E-state index in [-0.39, 0.29) is 0 Å². The molecule has 2 saturated heterocycles. The summed E-state index contributed by atoms with van der Waals surface area (Å²) in [5, 5.41) is 10.1. The van der Waals surface area contributed by atoms with Crippen molar-refractivity contribution in [3.63, 3.8) is 0 Å². The van der Waals surface area contributed by atoms with Crippen molar-refractivity contribution in [3.05, 3.63) is 22.7 Å². The van der Waals surface area contributed by atoms with E-state index in [1.807, 2.05) is 17.8 Å². The number of benzene rings is 1. The highest BCUT2D eigenvalue weighted by Gasteiger charge is 2.38. The third-order valence-electron chi connectivity index (χ3n) is 4.26. The van der Waals surface area contributed by atoms with Crippen LogP contribution in [0.2, 0.25) is 0 Å². The normalized spacial score (nSPS) is 31.8. The van der Waals surface area contributed by atoms with Gasteiger partial charge in [0.15, 0.2) is 0 Å². The van der Waals surface area contributed by atoms with Crippen molar-refractivity contribution in [2.45, 2.75) is 47.9 Å². The Hall–Kier alpha value is -0.190. The lowest BCUT2D eigenvalue weighted by molar-refractivity contribution is 0.183. The molecule has 0 saturated carbocycles. The standard InChI is InChI=1S/C14H18BrNOS/c1-16-9-2-3-10(16)7-12(6-9)18-14-5-4-11(17)8-13(14)15/h4-5,8-10,12,17H,2-3,6-7H2,1H3/t9-,10+,12-. The van der Waals surface area contributed by atoms with Crippen molar-refractivity contribution in [3.8, 4) is 5.75 Å². The van der Waals surface area contributed by atoms with E-state index in [9.17, 15) is 5.11 Å². The fourth-order valence-electron chi connectivity index (χ4n) is 3.22. The molecule has 0 radical (unpaired) electrons. The molecular weight excluding hydrogens is 310 g/mol. The van der Waals surface area contributed by atoms with E-state index in [0.29, 0.717) is 5.75 Å². The number of halogens is 1. The van der Waals surface area contributed by atoms with E-state index in [1.165, 1.54) is 30.6 Å². The molecular formula is C14H18BrNOS. The summed E-state index contributed by atoms with van der Waals surface area (Å²) in [6.07, 6.45) is 5.33. The molecule has 2 bridgehead atoms. The van der Waals surface area contributed by atoms with Crippen LogP contribution in [0.3, 0.4) is 0 Å². The smallest absolute Gasteiger partial charge is 0.116 e. The molecule has 4 heteroatoms. The van der Waals surface area contributed by atoms with Gasteiger partial charge in [-0.05, 0) is 66.9 Å². The average Bonchev–Trinajstić information content (AvgIpc) is 2.57. The predicted molar refractivity (Wildman–Crippen MR) is 79.3 cm³/mol. The van der Waals surface area contributed by atoms with Crippen LogP contribution in [-0.4, -0.2) is 34.4 Å². The van der Waals surface area contributed by atoms with Crippen LogP contribution in [0.4, 0.5) is 0 Å². The summed E-state index contributed by atoms with van der Waals surface area (Å²) in [6.45, 7) is 0. The molecule has 98 valence electrons. The third-order valence-corrected chi connectivity index (χ3v) is 6.51. The summed E-state index contributed by atoms with van der Waals surface area (Å²) < 4.78 is 1.01. The van der Waals surface area contributed by atoms with Gasteiger partial charge >= 0.3 is 0 Å². The number of fused-ring (bicyclic) bond motifs is 2. The van der Waals surface area contributed by atoms with Crippen molar-refractivity contribution in [1.82, 2.24) is 4.90 Å². The van der Waals surface area contributed by atoms with Crippen molar-refractivity contribution in [2.24, 2.45) is 0 Å². The summed E-state index contributed by atoms with van der Waals surface area (Å²) in [7, 11) is 2.28. The van der Waals surface area contributed by atoms with Crippen LogP contribution < -0.4 is 0 Å². The van der Waals surface area contributed by atoms with Gasteiger partial charge in [-0.3, -0.25) is 0 Å². The maximum atomic E-state index is 9.43. The first-order chi connectivity index (χ1) is 8.63. The first kappa shape index (κ1) is 12.8. The second kappa shape index (κ2) is 5.06. The molecule has 2 aliphatic heterocycles. The van der Waals surface area contributed by atoms with Gasteiger partial charge in [-0.1, -0.05) is 0 Å². The Morgan fingerprint density at radius 3 is 2.56 bits per heavy atom. The number of hydrogen-bond donors (Lipinski definition) is 1. The minimum absolute atomic E-state index is 0.328. The highest BCUT2D eigenvalue weighted by atomic mass is 79.9. The largest absolute Gasteiger partial charge is 0.508 e. The zero-order valence-electron chi connectivity index (χ0n) is 10.5. The van der Waals surface area contributed by atoms with Crippen LogP contribution in [0.15, 0.2) is 27.6 Å². The van der Waals surface area contributed by atoms with Crippen molar-refractivity contribution in [2.75, 3.05) is 7.05 Å². The lowest BCUT2D eigenvalue weighted by Crippen LogP contribution is -2.40. The molecule has 1 N–H and O–H groups in total. The van der Waals surface area contributed by atoms with Crippen molar-refractivity contribution in [1.29, 1.82) is 0 Å². The molecule has 0 spiro atoms. The second-order valence-corrected chi connectivity index (χ2v) is 7.57. The van der Waals surface area contributed by atoms with Crippen LogP contribution in [0.25, 0.3) is 0 Å². The number of hydrogen-bond acceptors (Lipinski definition) is 3. The summed E-state index contributed by atoms with van der Waals surface area (Å²) in [6, 6.07) is 7.15. The van der Waals surface area contributed by atoms with Gasteiger partial charge in [-0.2, -0.15) is 0 Å². The zero-order chi connectivity index (χ0) is 12.7. The van der Waals surface area contributed by atoms with Crippen LogP contribution in [0.5, 0.6) is 5.75 Å². The Kier molecular flexibility index (Phi) is 3.61. The van der Waals surface area contributed by atoms with Gasteiger partial charge in [-0.15, -0.1) is 11.8 Å². The van der Waals surface area contributed by atoms with Gasteiger partial charge in [0.2, 0.25) is 0 Å². The van der Waals surface area contributed by atoms with Gasteiger partial charge in [0.1, 0.15) is 5.75 Å². The summed E-state index contributed by atoms with van der Waals surface area (Å²) in [5.74, 6) is 0.328. The number of phenols is 1. The molecule has 3 atom stereocenters. The molecule has 2 fully saturated rings. The summed E-state index contributed by atoms with van der Waals surface area (Å²) in [5.41, 5.74) is 0. The average molecular weight is 328 g/mol. The maximum Gasteiger partial charge on any atom is 0.116 e. The van der Waals surface area contributed by atoms with E-state index in [4.69, 9.17) is 0 Å². The van der Waals surface area contributed by atoms with Gasteiger partial charge in [0, 0.05) is 26.7 Å². The molecule has 2 nitrogen and oxygen atoms in total. The van der Waals surface area contributed by atoms with E-state index in [1.54, 1.807) is 12.1 Å². The first-order valence-corrected chi connectivity index (χ1v) is 8.18. The zero-order valence-corrected chi connectivity index (χ0v) is 12.9. The number of rotatable bonds is 2. The number of piperidine rings is 1. The SMILES string of the molecule is CN1[C@@H]2CC[C@H]1C[C@H](Sc1ccc(O)cc1Br)C2. The summed E-state index contributed by atoms with van der Waals surface area (Å²) in [4.78, 5) is 3.82. The second-order valence-electron chi connectivity index (χ2n) is 5.38. The van der Waals surface area contributed by atoms with Gasteiger partial charge < -0.3 is 10.0 Å². The topological polar surface area (TPSA) is 23.5 Å². The molecule has 0 aromatic heterocycles. The Balaban J connectivity index is 1.70. The quantitative estimate of drug-likeness (QED) is 0.891. The lowest BCUT2D eigenvalue weighted by Gasteiger charge is -2.36. The number of phenolic OH excluding ortho intramolecular Hbond substituents is 1. The van der Waals surface area contributed by atoms with Gasteiger partial charge in [-0.25, -0.2) is 0 Å². The Morgan fingerprint density at radius 2 is 1.94 bits per heavy atom. The fraction of sp³-hybridized carbons (Fsp3) is 0.571. The Labute approximate surface area is 121 Å². The van der Waals surface area contributed by atoms with E-state index in [2.05, 4.69) is 27.9 Å². The fourth-order valence-corrected chi connectivity index (χ4v) is 5.18. The molecule has 3 rings (SSSR count). The molecule has 2 heterocycles. The van der Waals surface area contributed by atoms with Gasteiger partial charge in [0.25, 0.3) is 0 Å². The van der Waals surface area contributed by atoms with Crippen LogP contribution >= 0.6 is 27.7 Å². The van der Waals surface area contributed by atoms with Crippen LogP contribution in [-0.2, 0) is 0 Å². The highest BCUT2D eigenvalue weighted by Crippen LogP contribution is 2.43. The van der Waals surface area contributed by atoms with E-state index >= 15 is 0 Å². The minimum atomic E-state index is 0.328. The van der Waals surface area contributed by atoms with Crippen molar-refractivity contribution < 1.29 is 5.11 Å². The minimum Gasteiger partial charge on any atom is -0.508 e. The summed E-state index contributed by atoms with van der Waals surface area (Å²) >= 11 is 5.51. The molecule has 1 aromatic rings. The lowest BCUT2D eigenvalue weighted by atomic mass is 10.0. The van der Waals surface area contributed by atoms with Gasteiger partial charge in [0.05, 0.1) is 0 Å². The highest BCUT2D eigenvalue weighted by molar-refractivity contribution is 9.10. The van der Waals surface area contributed by atoms with E-state index in [0.717, 1.165) is 21.8 Å². The Bertz CT molecular complexity index is 439. The van der Waals surface area contributed by atoms with Crippen LogP contribution in [0, 0.1) is 0 Å². The first-order valence-electron chi connectivity index (χ1n) is 6.50. The van der Waals surface area contributed by atoms with Crippen molar-refractivity contribution >= 4 is 27.7 Å². The number of aromatic hydroxyl groups is 1. The van der Waals surface area contributed by atoms with E-state index < -0.39 is 0 Å². The molecule has 0 amide bonds. The molecule has 0 aliphatic carbocycles. The molecule has 0 unspecified atom stereocenters. The van der Waals surface area contributed by atoms with Crippen LogP contribution in [0.1, 0.15) is 25.7 Å². The molecule has 18 heavy (non-hydrogen) atoms. The molecule has 1 aromatic carbocycles. The third kappa shape index (κ3) is 2.43. The number of nitrogens with zero attached hydrogens (tertiary/aromatic N) is 1.